The summed E-state index contributed by atoms with van der Waals surface area (Å²) in [5.74, 6) is -1.74. The minimum absolute atomic E-state index is 0.00882. The van der Waals surface area contributed by atoms with Crippen LogP contribution in [0.4, 0.5) is 0 Å². The highest BCUT2D eigenvalue weighted by Gasteiger charge is 2.22. The standard InChI is InChI=1S/C30H55NO5/c1-4-5-6-7-8-9-10-11-12-13-14-15-16-20-28(33)24-27(30(35)36)21-22-29(34)31-23-18-17-19-25(2)26(3)32/h25,27H,4-24H2,1-3H3,(H,31,34)(H,35,36)/t25-,27+/m0/s1. The molecule has 0 rings (SSSR count). The summed E-state index contributed by atoms with van der Waals surface area (Å²) in [7, 11) is 0. The molecule has 0 aliphatic rings. The fourth-order valence-electron chi connectivity index (χ4n) is 4.43. The van der Waals surface area contributed by atoms with Crippen LogP contribution in [0.5, 0.6) is 0 Å². The number of unbranched alkanes of at least 4 members (excludes halogenated alkanes) is 13. The van der Waals surface area contributed by atoms with E-state index in [0.29, 0.717) is 13.0 Å². The maximum atomic E-state index is 12.3. The van der Waals surface area contributed by atoms with Crippen molar-refractivity contribution in [3.05, 3.63) is 0 Å². The molecule has 2 N–H and O–H groups in total. The van der Waals surface area contributed by atoms with Crippen LogP contribution in [0.1, 0.15) is 149 Å². The van der Waals surface area contributed by atoms with Crippen molar-refractivity contribution in [2.24, 2.45) is 11.8 Å². The van der Waals surface area contributed by atoms with E-state index in [-0.39, 0.29) is 42.7 Å². The molecule has 0 saturated carbocycles. The quantitative estimate of drug-likeness (QED) is 0.118. The highest BCUT2D eigenvalue weighted by molar-refractivity contribution is 5.84. The number of carbonyl (C=O) groups is 4. The highest BCUT2D eigenvalue weighted by Crippen LogP contribution is 2.17. The molecule has 0 fully saturated rings. The van der Waals surface area contributed by atoms with Gasteiger partial charge in [0.2, 0.25) is 5.91 Å². The zero-order chi connectivity index (χ0) is 27.0. The molecular weight excluding hydrogens is 454 g/mol. The van der Waals surface area contributed by atoms with Crippen molar-refractivity contribution in [2.75, 3.05) is 6.54 Å². The first-order chi connectivity index (χ1) is 17.3. The molecule has 0 aromatic heterocycles. The van der Waals surface area contributed by atoms with Crippen LogP contribution in [0, 0.1) is 11.8 Å². The average Bonchev–Trinajstić information content (AvgIpc) is 2.83. The molecule has 36 heavy (non-hydrogen) atoms. The van der Waals surface area contributed by atoms with E-state index in [2.05, 4.69) is 12.2 Å². The molecule has 0 aromatic rings. The van der Waals surface area contributed by atoms with Crippen LogP contribution in [0.15, 0.2) is 0 Å². The lowest BCUT2D eigenvalue weighted by atomic mass is 9.94. The minimum Gasteiger partial charge on any atom is -0.481 e. The second kappa shape index (κ2) is 23.7. The highest BCUT2D eigenvalue weighted by atomic mass is 16.4. The van der Waals surface area contributed by atoms with Gasteiger partial charge in [0.15, 0.2) is 0 Å². The summed E-state index contributed by atoms with van der Waals surface area (Å²) in [6.07, 6.45) is 19.5. The van der Waals surface area contributed by atoms with Gasteiger partial charge in [-0.1, -0.05) is 97.3 Å². The van der Waals surface area contributed by atoms with Crippen molar-refractivity contribution in [1.82, 2.24) is 5.32 Å². The topological polar surface area (TPSA) is 101 Å². The molecule has 0 aliphatic heterocycles. The molecule has 0 saturated heterocycles. The predicted octanol–water partition coefficient (Wildman–Crippen LogP) is 7.42. The summed E-state index contributed by atoms with van der Waals surface area (Å²) in [4.78, 5) is 47.1. The first-order valence-electron chi connectivity index (χ1n) is 14.8. The Morgan fingerprint density at radius 3 is 1.72 bits per heavy atom. The number of nitrogens with one attached hydrogen (secondary N) is 1. The van der Waals surface area contributed by atoms with Crippen LogP contribution in [-0.2, 0) is 19.2 Å². The number of hydrogen-bond acceptors (Lipinski definition) is 4. The number of Topliss-reactive ketones (excluding diaryl/α,β-unsaturated/α-hetero) is 2. The van der Waals surface area contributed by atoms with Crippen LogP contribution in [0.2, 0.25) is 0 Å². The number of amides is 1. The molecular formula is C30H55NO5. The molecule has 2 atom stereocenters. The fraction of sp³-hybridized carbons (Fsp3) is 0.867. The lowest BCUT2D eigenvalue weighted by Crippen LogP contribution is -2.26. The third-order valence-electron chi connectivity index (χ3n) is 7.18. The average molecular weight is 510 g/mol. The maximum absolute atomic E-state index is 12.3. The molecule has 210 valence electrons. The van der Waals surface area contributed by atoms with E-state index in [1.165, 1.54) is 64.2 Å². The van der Waals surface area contributed by atoms with Crippen molar-refractivity contribution in [1.29, 1.82) is 0 Å². The number of hydrogen-bond donors (Lipinski definition) is 2. The van der Waals surface area contributed by atoms with Crippen molar-refractivity contribution in [3.8, 4) is 0 Å². The summed E-state index contributed by atoms with van der Waals surface area (Å²) in [6, 6.07) is 0. The smallest absolute Gasteiger partial charge is 0.306 e. The van der Waals surface area contributed by atoms with Crippen molar-refractivity contribution >= 4 is 23.4 Å². The third-order valence-corrected chi connectivity index (χ3v) is 7.18. The van der Waals surface area contributed by atoms with E-state index in [9.17, 15) is 24.3 Å². The molecule has 0 aromatic carbocycles. The first kappa shape index (κ1) is 34.3. The largest absolute Gasteiger partial charge is 0.481 e. The van der Waals surface area contributed by atoms with E-state index in [1.807, 2.05) is 6.92 Å². The summed E-state index contributed by atoms with van der Waals surface area (Å²) in [5.41, 5.74) is 0. The van der Waals surface area contributed by atoms with Gasteiger partial charge in [0.05, 0.1) is 5.92 Å². The number of aliphatic carboxylic acids is 1. The molecule has 1 amide bonds. The van der Waals surface area contributed by atoms with E-state index in [0.717, 1.165) is 38.5 Å². The number of carbonyl (C=O) groups excluding carboxylic acids is 3. The normalized spacial score (nSPS) is 12.8. The van der Waals surface area contributed by atoms with Crippen LogP contribution < -0.4 is 5.32 Å². The molecule has 0 heterocycles. The summed E-state index contributed by atoms with van der Waals surface area (Å²) in [6.45, 7) is 6.28. The van der Waals surface area contributed by atoms with Gasteiger partial charge in [0, 0.05) is 31.7 Å². The van der Waals surface area contributed by atoms with Gasteiger partial charge in [-0.3, -0.25) is 19.2 Å². The minimum atomic E-state index is -1.00. The molecule has 0 radical (unpaired) electrons. The van der Waals surface area contributed by atoms with Gasteiger partial charge in [-0.25, -0.2) is 0 Å². The van der Waals surface area contributed by atoms with Gasteiger partial charge in [0.25, 0.3) is 0 Å². The molecule has 0 spiro atoms. The summed E-state index contributed by atoms with van der Waals surface area (Å²) >= 11 is 0. The summed E-state index contributed by atoms with van der Waals surface area (Å²) < 4.78 is 0. The van der Waals surface area contributed by atoms with Crippen molar-refractivity contribution < 1.29 is 24.3 Å². The lowest BCUT2D eigenvalue weighted by Gasteiger charge is -2.12. The van der Waals surface area contributed by atoms with Crippen molar-refractivity contribution in [3.63, 3.8) is 0 Å². The third kappa shape index (κ3) is 21.6. The number of rotatable bonds is 26. The van der Waals surface area contributed by atoms with Crippen LogP contribution in [-0.4, -0.2) is 35.1 Å². The van der Waals surface area contributed by atoms with Crippen LogP contribution in [0.25, 0.3) is 0 Å². The second-order valence-electron chi connectivity index (χ2n) is 10.7. The van der Waals surface area contributed by atoms with Crippen LogP contribution in [0.3, 0.4) is 0 Å². The Morgan fingerprint density at radius 2 is 1.22 bits per heavy atom. The Morgan fingerprint density at radius 1 is 0.694 bits per heavy atom. The molecule has 6 heteroatoms. The number of carboxylic acid groups (broad SMARTS) is 1. The van der Waals surface area contributed by atoms with Crippen molar-refractivity contribution in [2.45, 2.75) is 149 Å². The van der Waals surface area contributed by atoms with Gasteiger partial charge in [0.1, 0.15) is 11.6 Å². The van der Waals surface area contributed by atoms with Gasteiger partial charge < -0.3 is 10.4 Å². The zero-order valence-corrected chi connectivity index (χ0v) is 23.6. The fourth-order valence-corrected chi connectivity index (χ4v) is 4.43. The Hall–Kier alpha value is -1.72. The van der Waals surface area contributed by atoms with Gasteiger partial charge in [-0.15, -0.1) is 0 Å². The predicted molar refractivity (Wildman–Crippen MR) is 147 cm³/mol. The Kier molecular flexibility index (Phi) is 22.5. The molecule has 6 nitrogen and oxygen atoms in total. The van der Waals surface area contributed by atoms with Crippen LogP contribution >= 0.6 is 0 Å². The van der Waals surface area contributed by atoms with Gasteiger partial charge in [-0.05, 0) is 32.6 Å². The molecule has 0 bridgehead atoms. The zero-order valence-electron chi connectivity index (χ0n) is 23.6. The Labute approximate surface area is 220 Å². The Bertz CT molecular complexity index is 604. The van der Waals surface area contributed by atoms with Gasteiger partial charge >= 0.3 is 5.97 Å². The Balaban J connectivity index is 3.78. The van der Waals surface area contributed by atoms with E-state index < -0.39 is 11.9 Å². The molecule has 0 aliphatic carbocycles. The number of carboxylic acids is 1. The lowest BCUT2D eigenvalue weighted by molar-refractivity contribution is -0.144. The maximum Gasteiger partial charge on any atom is 0.306 e. The van der Waals surface area contributed by atoms with E-state index >= 15 is 0 Å². The van der Waals surface area contributed by atoms with E-state index in [1.54, 1.807) is 6.92 Å². The SMILES string of the molecule is CCCCCCCCCCCCCCCC(=O)C[C@@H](CCC(=O)NCCCC[C@H](C)C(C)=O)C(=O)O. The van der Waals surface area contributed by atoms with Gasteiger partial charge in [-0.2, -0.15) is 0 Å². The van der Waals surface area contributed by atoms with E-state index in [4.69, 9.17) is 0 Å². The monoisotopic (exact) mass is 509 g/mol. The molecule has 0 unspecified atom stereocenters. The first-order valence-corrected chi connectivity index (χ1v) is 14.8. The second-order valence-corrected chi connectivity index (χ2v) is 10.7. The number of ketones is 2. The summed E-state index contributed by atoms with van der Waals surface area (Å²) in [5, 5.41) is 12.3.